The summed E-state index contributed by atoms with van der Waals surface area (Å²) in [6.07, 6.45) is 1.77. The first-order valence-corrected chi connectivity index (χ1v) is 9.33. The van der Waals surface area contributed by atoms with Gasteiger partial charge in [-0.05, 0) is 49.7 Å². The number of amidine groups is 1. The van der Waals surface area contributed by atoms with Crippen LogP contribution in [-0.2, 0) is 0 Å². The van der Waals surface area contributed by atoms with Crippen molar-refractivity contribution in [2.24, 2.45) is 4.99 Å². The molecule has 2 aromatic carbocycles. The number of halogens is 3. The molecule has 2 rings (SSSR count). The monoisotopic (exact) mass is 434 g/mol. The largest absolute Gasteiger partial charge is 0.435 e. The van der Waals surface area contributed by atoms with Crippen LogP contribution < -0.4 is 15.4 Å². The van der Waals surface area contributed by atoms with Crippen molar-refractivity contribution >= 4 is 29.1 Å². The minimum absolute atomic E-state index is 0.0265. The van der Waals surface area contributed by atoms with E-state index in [-0.39, 0.29) is 24.2 Å². The zero-order valence-electron chi connectivity index (χ0n) is 16.4. The van der Waals surface area contributed by atoms with E-state index in [9.17, 15) is 8.78 Å². The maximum absolute atomic E-state index is 12.4. The van der Waals surface area contributed by atoms with Gasteiger partial charge in [-0.15, -0.1) is 0 Å². The molecule has 0 fully saturated rings. The molecule has 158 valence electrons. The first kappa shape index (κ1) is 22.9. The lowest BCUT2D eigenvalue weighted by Crippen LogP contribution is -2.34. The fourth-order valence-corrected chi connectivity index (χ4v) is 2.63. The molecule has 0 heterocycles. The molecule has 0 bridgehead atoms. The topological polar surface area (TPSA) is 96.5 Å². The van der Waals surface area contributed by atoms with Crippen LogP contribution in [0.1, 0.15) is 18.1 Å². The van der Waals surface area contributed by atoms with Gasteiger partial charge in [0, 0.05) is 28.9 Å². The van der Waals surface area contributed by atoms with E-state index in [2.05, 4.69) is 20.4 Å². The SMILES string of the molecule is CCN(C/N=C(\NC#N)Nc1cccc(OC(F)F)c1)C(=N)c1ccc(Cl)c(C)c1. The molecule has 10 heteroatoms. The molecule has 0 saturated carbocycles. The molecule has 2 aromatic rings. The number of hydrogen-bond acceptors (Lipinski definition) is 4. The Kier molecular flexibility index (Phi) is 8.38. The minimum Gasteiger partial charge on any atom is -0.435 e. The Morgan fingerprint density at radius 3 is 2.73 bits per heavy atom. The van der Waals surface area contributed by atoms with Crippen LogP contribution in [0.15, 0.2) is 47.5 Å². The number of guanidine groups is 1. The number of ether oxygens (including phenoxy) is 1. The van der Waals surface area contributed by atoms with E-state index in [0.717, 1.165) is 5.56 Å². The zero-order chi connectivity index (χ0) is 22.1. The fraction of sp³-hybridized carbons (Fsp3) is 0.250. The summed E-state index contributed by atoms with van der Waals surface area (Å²) in [4.78, 5) is 5.99. The summed E-state index contributed by atoms with van der Waals surface area (Å²) in [5.74, 6) is 0.330. The summed E-state index contributed by atoms with van der Waals surface area (Å²) in [5.41, 5.74) is 1.95. The van der Waals surface area contributed by atoms with Gasteiger partial charge in [-0.1, -0.05) is 17.7 Å². The summed E-state index contributed by atoms with van der Waals surface area (Å²) >= 11 is 6.05. The van der Waals surface area contributed by atoms with Crippen LogP contribution in [0.5, 0.6) is 5.75 Å². The minimum atomic E-state index is -2.94. The third-order valence-corrected chi connectivity index (χ3v) is 4.45. The number of nitrogens with one attached hydrogen (secondary N) is 3. The highest BCUT2D eigenvalue weighted by Crippen LogP contribution is 2.19. The molecule has 7 nitrogen and oxygen atoms in total. The van der Waals surface area contributed by atoms with Crippen LogP contribution in [0.2, 0.25) is 5.02 Å². The van der Waals surface area contributed by atoms with Gasteiger partial charge < -0.3 is 15.0 Å². The van der Waals surface area contributed by atoms with E-state index >= 15 is 0 Å². The fourth-order valence-electron chi connectivity index (χ4n) is 2.51. The van der Waals surface area contributed by atoms with Crippen LogP contribution in [0.25, 0.3) is 0 Å². The van der Waals surface area contributed by atoms with Gasteiger partial charge in [-0.2, -0.15) is 14.0 Å². The lowest BCUT2D eigenvalue weighted by atomic mass is 10.1. The van der Waals surface area contributed by atoms with E-state index in [4.69, 9.17) is 22.3 Å². The van der Waals surface area contributed by atoms with Crippen LogP contribution >= 0.6 is 11.6 Å². The Bertz CT molecular complexity index is 961. The molecule has 0 radical (unpaired) electrons. The van der Waals surface area contributed by atoms with Crippen molar-refractivity contribution in [2.75, 3.05) is 18.5 Å². The summed E-state index contributed by atoms with van der Waals surface area (Å²) in [7, 11) is 0. The first-order valence-electron chi connectivity index (χ1n) is 8.95. The predicted molar refractivity (Wildman–Crippen MR) is 113 cm³/mol. The summed E-state index contributed by atoms with van der Waals surface area (Å²) in [6.45, 7) is 1.38. The zero-order valence-corrected chi connectivity index (χ0v) is 17.2. The van der Waals surface area contributed by atoms with Crippen molar-refractivity contribution in [2.45, 2.75) is 20.5 Å². The van der Waals surface area contributed by atoms with Crippen molar-refractivity contribution in [3.63, 3.8) is 0 Å². The third-order valence-electron chi connectivity index (χ3n) is 4.03. The second-order valence-electron chi connectivity index (χ2n) is 6.08. The van der Waals surface area contributed by atoms with Gasteiger partial charge in [0.05, 0.1) is 0 Å². The van der Waals surface area contributed by atoms with Crippen LogP contribution in [0, 0.1) is 23.8 Å². The highest BCUT2D eigenvalue weighted by atomic mass is 35.5. The number of aliphatic imine (C=N–C) groups is 1. The molecule has 0 atom stereocenters. The smallest absolute Gasteiger partial charge is 0.387 e. The van der Waals surface area contributed by atoms with Gasteiger partial charge in [0.2, 0.25) is 5.96 Å². The molecule has 0 amide bonds. The van der Waals surface area contributed by atoms with Gasteiger partial charge in [0.1, 0.15) is 18.3 Å². The Morgan fingerprint density at radius 1 is 1.33 bits per heavy atom. The standard InChI is InChI=1S/C20H21ClF2N6O/c1-3-29(18(25)14-7-8-17(21)13(2)9-14)12-27-20(26-11-24)28-15-5-4-6-16(10-15)30-19(22)23/h4-10,19,25H,3,12H2,1-2H3,(H2,26,27,28). The molecule has 0 unspecified atom stereocenters. The highest BCUT2D eigenvalue weighted by molar-refractivity contribution is 6.31. The van der Waals surface area contributed by atoms with Crippen LogP contribution in [0.4, 0.5) is 14.5 Å². The Morgan fingerprint density at radius 2 is 2.10 bits per heavy atom. The van der Waals surface area contributed by atoms with E-state index in [1.807, 2.05) is 19.9 Å². The average molecular weight is 435 g/mol. The molecule has 0 spiro atoms. The van der Waals surface area contributed by atoms with E-state index in [1.54, 1.807) is 29.3 Å². The van der Waals surface area contributed by atoms with Gasteiger partial charge in [0.25, 0.3) is 0 Å². The summed E-state index contributed by atoms with van der Waals surface area (Å²) in [5, 5.41) is 23.3. The normalized spacial score (nSPS) is 11.0. The van der Waals surface area contributed by atoms with Gasteiger partial charge in [0.15, 0.2) is 6.19 Å². The number of nitriles is 1. The van der Waals surface area contributed by atoms with E-state index in [0.29, 0.717) is 22.8 Å². The second-order valence-corrected chi connectivity index (χ2v) is 6.49. The van der Waals surface area contributed by atoms with Crippen LogP contribution in [-0.4, -0.2) is 36.5 Å². The summed E-state index contributed by atoms with van der Waals surface area (Å²) in [6, 6.07) is 11.2. The predicted octanol–water partition coefficient (Wildman–Crippen LogP) is 4.39. The Labute approximate surface area is 178 Å². The molecule has 0 saturated heterocycles. The molecular formula is C20H21ClF2N6O. The maximum atomic E-state index is 12.4. The lowest BCUT2D eigenvalue weighted by molar-refractivity contribution is -0.0497. The molecule has 3 N–H and O–H groups in total. The number of aryl methyl sites for hydroxylation is 1. The van der Waals surface area contributed by atoms with Crippen molar-refractivity contribution in [3.8, 4) is 11.9 Å². The molecule has 0 aliphatic carbocycles. The molecule has 0 aliphatic heterocycles. The number of anilines is 1. The van der Waals surface area contributed by atoms with Crippen molar-refractivity contribution in [1.29, 1.82) is 10.7 Å². The molecule has 30 heavy (non-hydrogen) atoms. The van der Waals surface area contributed by atoms with Crippen LogP contribution in [0.3, 0.4) is 0 Å². The molecule has 0 aliphatic rings. The van der Waals surface area contributed by atoms with E-state index in [1.165, 1.54) is 18.2 Å². The van der Waals surface area contributed by atoms with Crippen molar-refractivity contribution in [3.05, 3.63) is 58.6 Å². The quantitative estimate of drug-likeness (QED) is 0.260. The third kappa shape index (κ3) is 6.60. The number of alkyl halides is 2. The number of hydrogen-bond donors (Lipinski definition) is 3. The Hall–Kier alpha value is -3.38. The lowest BCUT2D eigenvalue weighted by Gasteiger charge is -2.22. The highest BCUT2D eigenvalue weighted by Gasteiger charge is 2.12. The average Bonchev–Trinajstić information content (AvgIpc) is 2.70. The van der Waals surface area contributed by atoms with Gasteiger partial charge >= 0.3 is 6.61 Å². The van der Waals surface area contributed by atoms with E-state index < -0.39 is 6.61 Å². The summed E-state index contributed by atoms with van der Waals surface area (Å²) < 4.78 is 29.2. The van der Waals surface area contributed by atoms with Crippen molar-refractivity contribution in [1.82, 2.24) is 10.2 Å². The molecule has 0 aromatic heterocycles. The Balaban J connectivity index is 2.14. The maximum Gasteiger partial charge on any atom is 0.387 e. The van der Waals surface area contributed by atoms with Gasteiger partial charge in [-0.25, -0.2) is 4.99 Å². The van der Waals surface area contributed by atoms with Crippen molar-refractivity contribution < 1.29 is 13.5 Å². The van der Waals surface area contributed by atoms with Gasteiger partial charge in [-0.3, -0.25) is 10.7 Å². The molecular weight excluding hydrogens is 414 g/mol. The number of benzene rings is 2. The first-order chi connectivity index (χ1) is 14.3. The second kappa shape index (κ2) is 11.0. The number of rotatable bonds is 7. The number of nitrogens with zero attached hydrogens (tertiary/aromatic N) is 3.